The maximum Gasteiger partial charge on any atom is 0.300 e. The minimum atomic E-state index is 0.902. The van der Waals surface area contributed by atoms with Gasteiger partial charge in [0.1, 0.15) is 11.3 Å². The second-order valence-electron chi connectivity index (χ2n) is 9.70. The van der Waals surface area contributed by atoms with Crippen molar-refractivity contribution in [2.75, 3.05) is 0 Å². The zero-order chi connectivity index (χ0) is 25.6. The van der Waals surface area contributed by atoms with Crippen LogP contribution in [0.5, 0.6) is 0 Å². The van der Waals surface area contributed by atoms with Gasteiger partial charge < -0.3 is 4.42 Å². The first-order chi connectivity index (χ1) is 18.7. The van der Waals surface area contributed by atoms with Crippen LogP contribution in [0.4, 0.5) is 0 Å². The Balaban J connectivity index is 1.69. The third kappa shape index (κ3) is 3.40. The van der Waals surface area contributed by atoms with Crippen molar-refractivity contribution in [1.82, 2.24) is 4.57 Å². The molecule has 0 saturated heterocycles. The van der Waals surface area contributed by atoms with E-state index in [0.29, 0.717) is 0 Å². The molecule has 0 radical (unpaired) electrons. The van der Waals surface area contributed by atoms with Crippen LogP contribution in [0.15, 0.2) is 132 Å². The summed E-state index contributed by atoms with van der Waals surface area (Å²) in [6.07, 6.45) is 0. The quantitative estimate of drug-likeness (QED) is 0.226. The van der Waals surface area contributed by atoms with Gasteiger partial charge in [0.15, 0.2) is 22.7 Å². The van der Waals surface area contributed by atoms with Crippen LogP contribution in [0.25, 0.3) is 56.0 Å². The molecule has 0 aliphatic rings. The summed E-state index contributed by atoms with van der Waals surface area (Å²) in [5.41, 5.74) is 9.75. The number of furan rings is 1. The van der Waals surface area contributed by atoms with E-state index in [2.05, 4.69) is 144 Å². The lowest BCUT2D eigenvalue weighted by Crippen LogP contribution is -2.36. The lowest BCUT2D eigenvalue weighted by atomic mass is 10.1. The maximum absolute atomic E-state index is 6.60. The molecule has 38 heavy (non-hydrogen) atoms. The van der Waals surface area contributed by atoms with E-state index < -0.39 is 0 Å². The topological polar surface area (TPSA) is 21.9 Å². The van der Waals surface area contributed by atoms with Gasteiger partial charge in [0.2, 0.25) is 0 Å². The van der Waals surface area contributed by atoms with Crippen molar-refractivity contribution >= 4 is 21.9 Å². The van der Waals surface area contributed by atoms with Crippen molar-refractivity contribution in [2.45, 2.75) is 13.8 Å². The Bertz CT molecular complexity index is 1910. The van der Waals surface area contributed by atoms with E-state index in [1.807, 2.05) is 6.07 Å². The molecule has 0 saturated carbocycles. The van der Waals surface area contributed by atoms with Gasteiger partial charge in [-0.05, 0) is 43.3 Å². The van der Waals surface area contributed by atoms with Gasteiger partial charge in [-0.3, -0.25) is 0 Å². The largest absolute Gasteiger partial charge is 0.452 e. The van der Waals surface area contributed by atoms with Crippen LogP contribution in [-0.2, 0) is 0 Å². The zero-order valence-corrected chi connectivity index (χ0v) is 21.4. The van der Waals surface area contributed by atoms with E-state index in [1.165, 1.54) is 5.56 Å². The van der Waals surface area contributed by atoms with Crippen LogP contribution < -0.4 is 4.57 Å². The third-order valence-electron chi connectivity index (χ3n) is 7.37. The molecule has 5 aromatic carbocycles. The van der Waals surface area contributed by atoms with E-state index in [4.69, 9.17) is 4.42 Å². The predicted molar refractivity (Wildman–Crippen MR) is 155 cm³/mol. The van der Waals surface area contributed by atoms with Gasteiger partial charge in [0.05, 0.1) is 5.56 Å². The Hall–Kier alpha value is -4.89. The van der Waals surface area contributed by atoms with E-state index in [1.54, 1.807) is 0 Å². The molecule has 7 rings (SSSR count). The van der Waals surface area contributed by atoms with Crippen LogP contribution in [-0.4, -0.2) is 4.57 Å². The summed E-state index contributed by atoms with van der Waals surface area (Å²) >= 11 is 0. The summed E-state index contributed by atoms with van der Waals surface area (Å²) in [5, 5.41) is 2.26. The van der Waals surface area contributed by atoms with E-state index in [0.717, 1.165) is 61.7 Å². The Labute approximate surface area is 221 Å². The van der Waals surface area contributed by atoms with E-state index in [9.17, 15) is 0 Å². The van der Waals surface area contributed by atoms with Crippen molar-refractivity contribution in [1.29, 1.82) is 0 Å². The summed E-state index contributed by atoms with van der Waals surface area (Å²) in [6, 6.07) is 44.6. The SMILES string of the molecule is Cc1ccc2c(oc3ccccc32)c1-[n+]1c(C)c(-c2ccccc2)n(-c2ccccc2)c1-c1ccccc1. The molecule has 0 aliphatic heterocycles. The number of fused-ring (bicyclic) bond motifs is 3. The van der Waals surface area contributed by atoms with E-state index >= 15 is 0 Å². The Kier molecular flexibility index (Phi) is 5.22. The highest BCUT2D eigenvalue weighted by Gasteiger charge is 2.35. The molecule has 3 nitrogen and oxygen atoms in total. The highest BCUT2D eigenvalue weighted by Crippen LogP contribution is 2.37. The second-order valence-corrected chi connectivity index (χ2v) is 9.70. The molecular weight excluding hydrogens is 464 g/mol. The molecule has 0 bridgehead atoms. The van der Waals surface area contributed by atoms with Gasteiger partial charge in [-0.2, -0.15) is 9.13 Å². The molecule has 0 amide bonds. The maximum atomic E-state index is 6.60. The van der Waals surface area contributed by atoms with Crippen LogP contribution in [0, 0.1) is 13.8 Å². The standard InChI is InChI=1S/C35H27N2O/c1-24-22-23-30-29-20-12-13-21-31(29)38-34(30)32(24)36-25(2)33(26-14-6-3-7-15-26)37(28-18-10-5-11-19-28)35(36)27-16-8-4-9-17-27/h3-23H,1-2H3/q+1. The Morgan fingerprint density at radius 1 is 0.579 bits per heavy atom. The number of imidazole rings is 1. The van der Waals surface area contributed by atoms with Crippen molar-refractivity contribution in [3.63, 3.8) is 0 Å². The van der Waals surface area contributed by atoms with Gasteiger partial charge in [0.25, 0.3) is 5.82 Å². The molecule has 182 valence electrons. The molecule has 2 heterocycles. The van der Waals surface area contributed by atoms with Gasteiger partial charge in [0, 0.05) is 28.8 Å². The summed E-state index contributed by atoms with van der Waals surface area (Å²) < 4.78 is 11.4. The lowest BCUT2D eigenvalue weighted by Gasteiger charge is -2.09. The number of aryl methyl sites for hydroxylation is 1. The molecular formula is C35H27N2O+. The fourth-order valence-electron chi connectivity index (χ4n) is 5.66. The summed E-state index contributed by atoms with van der Waals surface area (Å²) in [4.78, 5) is 0. The number of rotatable bonds is 4. The number of hydrogen-bond acceptors (Lipinski definition) is 1. The first-order valence-corrected chi connectivity index (χ1v) is 13.0. The van der Waals surface area contributed by atoms with Crippen molar-refractivity contribution in [3.8, 4) is 34.0 Å². The average molecular weight is 492 g/mol. The summed E-state index contributed by atoms with van der Waals surface area (Å²) in [7, 11) is 0. The van der Waals surface area contributed by atoms with Crippen LogP contribution in [0.1, 0.15) is 11.3 Å². The smallest absolute Gasteiger partial charge is 0.300 e. The first kappa shape index (κ1) is 22.3. The first-order valence-electron chi connectivity index (χ1n) is 13.0. The summed E-state index contributed by atoms with van der Waals surface area (Å²) in [5.74, 6) is 1.09. The summed E-state index contributed by atoms with van der Waals surface area (Å²) in [6.45, 7) is 4.39. The van der Waals surface area contributed by atoms with Gasteiger partial charge in [-0.1, -0.05) is 91.0 Å². The van der Waals surface area contributed by atoms with Crippen molar-refractivity contribution in [3.05, 3.63) is 139 Å². The molecule has 0 spiro atoms. The Morgan fingerprint density at radius 3 is 1.89 bits per heavy atom. The molecule has 7 aromatic rings. The Morgan fingerprint density at radius 2 is 1.18 bits per heavy atom. The second kappa shape index (κ2) is 8.89. The highest BCUT2D eigenvalue weighted by molar-refractivity contribution is 6.07. The number of aromatic nitrogens is 2. The van der Waals surface area contributed by atoms with Crippen molar-refractivity contribution in [2.24, 2.45) is 0 Å². The molecule has 0 fully saturated rings. The number of hydrogen-bond donors (Lipinski definition) is 0. The molecule has 3 heteroatoms. The van der Waals surface area contributed by atoms with E-state index in [-0.39, 0.29) is 0 Å². The highest BCUT2D eigenvalue weighted by atomic mass is 16.3. The number of nitrogens with zero attached hydrogens (tertiary/aromatic N) is 2. The zero-order valence-electron chi connectivity index (χ0n) is 21.4. The lowest BCUT2D eigenvalue weighted by molar-refractivity contribution is -0.588. The normalized spacial score (nSPS) is 11.4. The monoisotopic (exact) mass is 491 g/mol. The fraction of sp³-hybridized carbons (Fsp3) is 0.0571. The third-order valence-corrected chi connectivity index (χ3v) is 7.37. The number of benzene rings is 5. The van der Waals surface area contributed by atoms with Crippen LogP contribution >= 0.6 is 0 Å². The fourth-order valence-corrected chi connectivity index (χ4v) is 5.66. The van der Waals surface area contributed by atoms with Gasteiger partial charge >= 0.3 is 0 Å². The molecule has 0 N–H and O–H groups in total. The van der Waals surface area contributed by atoms with Gasteiger partial charge in [-0.15, -0.1) is 0 Å². The van der Waals surface area contributed by atoms with Crippen LogP contribution in [0.3, 0.4) is 0 Å². The molecule has 0 unspecified atom stereocenters. The van der Waals surface area contributed by atoms with Gasteiger partial charge in [-0.25, -0.2) is 0 Å². The average Bonchev–Trinajstić information content (AvgIpc) is 3.49. The molecule has 2 aromatic heterocycles. The van der Waals surface area contributed by atoms with Crippen LogP contribution in [0.2, 0.25) is 0 Å². The van der Waals surface area contributed by atoms with Crippen molar-refractivity contribution < 1.29 is 8.98 Å². The minimum absolute atomic E-state index is 0.902. The minimum Gasteiger partial charge on any atom is -0.452 e. The predicted octanol–water partition coefficient (Wildman–Crippen LogP) is 8.60. The molecule has 0 atom stereocenters. The number of para-hydroxylation sites is 2. The molecule has 0 aliphatic carbocycles.